The Kier molecular flexibility index (Phi) is 9.77. The first-order valence-corrected chi connectivity index (χ1v) is 6.26. The molecule has 18 heavy (non-hydrogen) atoms. The summed E-state index contributed by atoms with van der Waals surface area (Å²) in [5.74, 6) is -0.107. The summed E-state index contributed by atoms with van der Waals surface area (Å²) in [5, 5.41) is 8.70. The van der Waals surface area contributed by atoms with E-state index in [-0.39, 0.29) is 5.91 Å². The highest BCUT2D eigenvalue weighted by Crippen LogP contribution is 2.02. The topological polar surface area (TPSA) is 62.4 Å². The predicted molar refractivity (Wildman–Crippen MR) is 73.8 cm³/mol. The lowest BCUT2D eigenvalue weighted by Gasteiger charge is -2.12. The van der Waals surface area contributed by atoms with Crippen molar-refractivity contribution in [2.45, 2.75) is 26.7 Å². The van der Waals surface area contributed by atoms with E-state index in [0.717, 1.165) is 25.1 Å². The van der Waals surface area contributed by atoms with Gasteiger partial charge < -0.3 is 20.7 Å². The molecule has 0 bridgehead atoms. The van der Waals surface area contributed by atoms with Crippen molar-refractivity contribution in [2.24, 2.45) is 0 Å². The molecular formula is C13H25N3O2. The highest BCUT2D eigenvalue weighted by Gasteiger charge is 2.04. The highest BCUT2D eigenvalue weighted by molar-refractivity contribution is 5.75. The Balaban J connectivity index is 4.44. The average molecular weight is 255 g/mol. The molecule has 0 radical (unpaired) electrons. The lowest BCUT2D eigenvalue weighted by Crippen LogP contribution is -2.26. The maximum Gasteiger partial charge on any atom is 0.221 e. The number of rotatable bonds is 9. The van der Waals surface area contributed by atoms with Gasteiger partial charge in [0.25, 0.3) is 0 Å². The molecule has 5 heteroatoms. The van der Waals surface area contributed by atoms with E-state index in [1.807, 2.05) is 13.1 Å². The van der Waals surface area contributed by atoms with Crippen molar-refractivity contribution in [1.82, 2.24) is 16.0 Å². The van der Waals surface area contributed by atoms with Crippen LogP contribution in [0.5, 0.6) is 0 Å². The van der Waals surface area contributed by atoms with Gasteiger partial charge in [-0.3, -0.25) is 4.79 Å². The van der Waals surface area contributed by atoms with Crippen LogP contribution in [0, 0.1) is 0 Å². The van der Waals surface area contributed by atoms with Crippen molar-refractivity contribution in [2.75, 3.05) is 27.3 Å². The van der Waals surface area contributed by atoms with E-state index < -0.39 is 0 Å². The molecule has 104 valence electrons. The minimum Gasteiger partial charge on any atom is -0.392 e. The van der Waals surface area contributed by atoms with Crippen LogP contribution >= 0.6 is 0 Å². The van der Waals surface area contributed by atoms with Gasteiger partial charge in [0.05, 0.1) is 18.0 Å². The van der Waals surface area contributed by atoms with Gasteiger partial charge in [0.1, 0.15) is 0 Å². The number of amides is 1. The Morgan fingerprint density at radius 2 is 2.00 bits per heavy atom. The van der Waals surface area contributed by atoms with Crippen molar-refractivity contribution in [3.05, 3.63) is 23.7 Å². The van der Waals surface area contributed by atoms with E-state index >= 15 is 0 Å². The zero-order valence-corrected chi connectivity index (χ0v) is 11.8. The maximum absolute atomic E-state index is 11.1. The van der Waals surface area contributed by atoms with Crippen molar-refractivity contribution in [3.63, 3.8) is 0 Å². The third-order valence-corrected chi connectivity index (χ3v) is 2.21. The molecule has 0 aromatic rings. The Hall–Kier alpha value is -1.49. The van der Waals surface area contributed by atoms with Gasteiger partial charge >= 0.3 is 0 Å². The number of nitrogens with one attached hydrogen (secondary N) is 3. The molecular weight excluding hydrogens is 230 g/mol. The van der Waals surface area contributed by atoms with Crippen LogP contribution in [0.15, 0.2) is 23.7 Å². The van der Waals surface area contributed by atoms with Crippen LogP contribution in [0.1, 0.15) is 26.7 Å². The molecule has 0 saturated carbocycles. The number of carbonyl (C=O) groups is 1. The summed E-state index contributed by atoms with van der Waals surface area (Å²) in [7, 11) is 3.59. The van der Waals surface area contributed by atoms with E-state index in [1.54, 1.807) is 13.2 Å². The van der Waals surface area contributed by atoms with Crippen molar-refractivity contribution < 1.29 is 9.53 Å². The second-order valence-corrected chi connectivity index (χ2v) is 3.82. The summed E-state index contributed by atoms with van der Waals surface area (Å²) >= 11 is 0. The molecule has 0 aliphatic carbocycles. The highest BCUT2D eigenvalue weighted by atomic mass is 16.5. The van der Waals surface area contributed by atoms with Crippen molar-refractivity contribution in [3.8, 4) is 0 Å². The molecule has 0 aromatic heterocycles. The molecule has 5 nitrogen and oxygen atoms in total. The van der Waals surface area contributed by atoms with E-state index in [0.29, 0.717) is 12.3 Å². The molecule has 0 saturated heterocycles. The molecule has 0 fully saturated rings. The molecule has 0 unspecified atom stereocenters. The Morgan fingerprint density at radius 3 is 2.50 bits per heavy atom. The fraction of sp³-hybridized carbons (Fsp3) is 0.615. The third kappa shape index (κ3) is 7.73. The summed E-state index contributed by atoms with van der Waals surface area (Å²) in [5.41, 5.74) is 1.53. The minimum absolute atomic E-state index is 0.107. The minimum atomic E-state index is -0.107. The van der Waals surface area contributed by atoms with Gasteiger partial charge in [0, 0.05) is 33.8 Å². The summed E-state index contributed by atoms with van der Waals surface area (Å²) in [4.78, 5) is 11.1. The van der Waals surface area contributed by atoms with E-state index in [4.69, 9.17) is 4.74 Å². The number of ether oxygens (including phenoxy) is 1. The van der Waals surface area contributed by atoms with Crippen molar-refractivity contribution in [1.29, 1.82) is 0 Å². The molecule has 0 aliphatic rings. The molecule has 3 N–H and O–H groups in total. The average Bonchev–Trinajstić information content (AvgIpc) is 2.33. The number of hydrogen-bond acceptors (Lipinski definition) is 4. The Morgan fingerprint density at radius 1 is 1.28 bits per heavy atom. The third-order valence-electron chi connectivity index (χ3n) is 2.21. The van der Waals surface area contributed by atoms with Crippen LogP contribution in [-0.2, 0) is 9.53 Å². The summed E-state index contributed by atoms with van der Waals surface area (Å²) < 4.78 is 5.46. The van der Waals surface area contributed by atoms with Gasteiger partial charge in [-0.2, -0.15) is 0 Å². The number of hydrogen-bond donors (Lipinski definition) is 3. The lowest BCUT2D eigenvalue weighted by atomic mass is 10.3. The largest absolute Gasteiger partial charge is 0.392 e. The quantitative estimate of drug-likeness (QED) is 0.426. The second kappa shape index (κ2) is 10.7. The Labute approximate surface area is 110 Å². The van der Waals surface area contributed by atoms with Gasteiger partial charge in [0.2, 0.25) is 5.91 Å². The van der Waals surface area contributed by atoms with Gasteiger partial charge in [-0.25, -0.2) is 0 Å². The van der Waals surface area contributed by atoms with Gasteiger partial charge in [-0.1, -0.05) is 13.3 Å². The Bertz CT molecular complexity index is 299. The first-order chi connectivity index (χ1) is 8.65. The number of unbranched alkanes of at least 4 members (excludes halogenated alkanes) is 1. The lowest BCUT2D eigenvalue weighted by molar-refractivity contribution is -0.118. The molecule has 0 rings (SSSR count). The second-order valence-electron chi connectivity index (χ2n) is 3.82. The van der Waals surface area contributed by atoms with Crippen LogP contribution in [0.25, 0.3) is 0 Å². The molecule has 1 amide bonds. The number of likely N-dealkylation sites (N-methyl/N-ethyl adjacent to an activating group) is 1. The van der Waals surface area contributed by atoms with Crippen molar-refractivity contribution >= 4 is 5.91 Å². The van der Waals surface area contributed by atoms with Crippen LogP contribution in [0.2, 0.25) is 0 Å². The summed E-state index contributed by atoms with van der Waals surface area (Å²) in [6, 6.07) is 0. The molecule has 0 aromatic carbocycles. The van der Waals surface area contributed by atoms with Crippen LogP contribution in [0.3, 0.4) is 0 Å². The standard InChI is InChI=1S/C13H25N3O2/c1-5-6-8-18-9-7-12(15-4)13(10-14-3)16-11(2)17/h7,10,14-15H,5-6,8-9H2,1-4H3,(H,16,17)/b12-7+,13-10+. The van der Waals surface area contributed by atoms with Crippen LogP contribution in [0.4, 0.5) is 0 Å². The van der Waals surface area contributed by atoms with Crippen LogP contribution in [-0.4, -0.2) is 33.2 Å². The summed E-state index contributed by atoms with van der Waals surface area (Å²) in [6.07, 6.45) is 5.83. The van der Waals surface area contributed by atoms with E-state index in [1.165, 1.54) is 6.92 Å². The van der Waals surface area contributed by atoms with Gasteiger partial charge in [0.15, 0.2) is 0 Å². The number of carbonyl (C=O) groups excluding carboxylic acids is 1. The first kappa shape index (κ1) is 16.5. The van der Waals surface area contributed by atoms with Crippen LogP contribution < -0.4 is 16.0 Å². The maximum atomic E-state index is 11.1. The fourth-order valence-electron chi connectivity index (χ4n) is 1.33. The summed E-state index contributed by atoms with van der Waals surface area (Å²) in [6.45, 7) is 4.89. The van der Waals surface area contributed by atoms with E-state index in [2.05, 4.69) is 22.9 Å². The van der Waals surface area contributed by atoms with Gasteiger partial charge in [-0.05, 0) is 12.5 Å². The zero-order chi connectivity index (χ0) is 13.8. The fourth-order valence-corrected chi connectivity index (χ4v) is 1.33. The molecule has 0 atom stereocenters. The molecule has 0 aliphatic heterocycles. The van der Waals surface area contributed by atoms with Gasteiger partial charge in [-0.15, -0.1) is 0 Å². The SMILES string of the molecule is CCCCOC/C=C(NC)\C(=C/NC)NC(C)=O. The first-order valence-electron chi connectivity index (χ1n) is 6.26. The predicted octanol–water partition coefficient (Wildman–Crippen LogP) is 1.10. The van der Waals surface area contributed by atoms with E-state index in [9.17, 15) is 4.79 Å². The zero-order valence-electron chi connectivity index (χ0n) is 11.8. The smallest absolute Gasteiger partial charge is 0.221 e. The normalized spacial score (nSPS) is 12.2. The molecule has 0 heterocycles. The molecule has 0 spiro atoms. The monoisotopic (exact) mass is 255 g/mol.